The van der Waals surface area contributed by atoms with Gasteiger partial charge in [-0.1, -0.05) is 46.6 Å². The first-order chi connectivity index (χ1) is 15.0. The number of anilines is 2. The van der Waals surface area contributed by atoms with Gasteiger partial charge in [-0.05, 0) is 35.9 Å². The van der Waals surface area contributed by atoms with Gasteiger partial charge in [0, 0.05) is 22.8 Å². The van der Waals surface area contributed by atoms with Crippen LogP contribution < -0.4 is 15.7 Å². The van der Waals surface area contributed by atoms with Gasteiger partial charge >= 0.3 is 0 Å². The predicted octanol–water partition coefficient (Wildman–Crippen LogP) is 4.83. The minimum atomic E-state index is -0.458. The number of rotatable bonds is 6. The van der Waals surface area contributed by atoms with E-state index in [-0.39, 0.29) is 23.7 Å². The molecule has 0 fully saturated rings. The van der Waals surface area contributed by atoms with Crippen LogP contribution in [0.25, 0.3) is 22.2 Å². The van der Waals surface area contributed by atoms with Gasteiger partial charge in [-0.3, -0.25) is 4.79 Å². The van der Waals surface area contributed by atoms with Crippen molar-refractivity contribution in [1.82, 2.24) is 14.7 Å². The SMILES string of the molecule is COn1c(=O)c(-c2c(Cl)cccc2Cl)cc2cnc(Nc3ccc(CN=O)cc3)nc21. The first kappa shape index (κ1) is 20.8. The van der Waals surface area contributed by atoms with Crippen molar-refractivity contribution in [2.75, 3.05) is 12.4 Å². The zero-order valence-electron chi connectivity index (χ0n) is 16.2. The van der Waals surface area contributed by atoms with Crippen LogP contribution >= 0.6 is 23.2 Å². The van der Waals surface area contributed by atoms with Crippen molar-refractivity contribution >= 4 is 45.9 Å². The van der Waals surface area contributed by atoms with Gasteiger partial charge in [-0.2, -0.15) is 9.89 Å². The maximum absolute atomic E-state index is 13.1. The van der Waals surface area contributed by atoms with E-state index in [1.165, 1.54) is 7.11 Å². The van der Waals surface area contributed by atoms with Gasteiger partial charge in [0.1, 0.15) is 13.7 Å². The monoisotopic (exact) mass is 455 g/mol. The summed E-state index contributed by atoms with van der Waals surface area (Å²) in [6.07, 6.45) is 1.57. The van der Waals surface area contributed by atoms with E-state index in [9.17, 15) is 9.70 Å². The fourth-order valence-corrected chi connectivity index (χ4v) is 3.73. The molecule has 0 atom stereocenters. The Morgan fingerprint density at radius 2 is 1.84 bits per heavy atom. The number of benzene rings is 2. The van der Waals surface area contributed by atoms with Gasteiger partial charge < -0.3 is 10.2 Å². The molecule has 2 heterocycles. The second-order valence-electron chi connectivity index (χ2n) is 6.52. The summed E-state index contributed by atoms with van der Waals surface area (Å²) >= 11 is 12.6. The quantitative estimate of drug-likeness (QED) is 0.417. The maximum atomic E-state index is 13.1. The molecule has 0 aliphatic heterocycles. The summed E-state index contributed by atoms with van der Waals surface area (Å²) in [7, 11) is 1.37. The molecule has 0 bridgehead atoms. The first-order valence-corrected chi connectivity index (χ1v) is 9.84. The van der Waals surface area contributed by atoms with Crippen LogP contribution in [0.3, 0.4) is 0 Å². The number of pyridine rings is 1. The molecular formula is C21H15Cl2N5O3. The standard InChI is InChI=1S/C21H15Cl2N5O3/c1-31-28-19-13(9-15(20(28)29)18-16(22)3-2-4-17(18)23)11-24-21(27-19)26-14-7-5-12(6-8-14)10-25-30/h2-9,11H,10H2,1H3,(H,24,26,27). The van der Waals surface area contributed by atoms with Crippen molar-refractivity contribution in [3.8, 4) is 11.1 Å². The fourth-order valence-electron chi connectivity index (χ4n) is 3.13. The summed E-state index contributed by atoms with van der Waals surface area (Å²) in [5, 5.41) is 7.17. The summed E-state index contributed by atoms with van der Waals surface area (Å²) in [5.41, 5.74) is 2.00. The van der Waals surface area contributed by atoms with Gasteiger partial charge in [0.25, 0.3) is 5.56 Å². The first-order valence-electron chi connectivity index (χ1n) is 9.08. The van der Waals surface area contributed by atoms with Crippen molar-refractivity contribution in [2.24, 2.45) is 5.18 Å². The molecule has 4 aromatic rings. The van der Waals surface area contributed by atoms with E-state index >= 15 is 0 Å². The van der Waals surface area contributed by atoms with Crippen molar-refractivity contribution < 1.29 is 4.84 Å². The zero-order chi connectivity index (χ0) is 22.0. The highest BCUT2D eigenvalue weighted by molar-refractivity contribution is 6.39. The third-order valence-corrected chi connectivity index (χ3v) is 5.20. The number of nitroso groups, excluding NO2 is 1. The zero-order valence-corrected chi connectivity index (χ0v) is 17.7. The summed E-state index contributed by atoms with van der Waals surface area (Å²) in [4.78, 5) is 37.5. The summed E-state index contributed by atoms with van der Waals surface area (Å²) in [6, 6.07) is 13.7. The van der Waals surface area contributed by atoms with E-state index in [4.69, 9.17) is 28.0 Å². The van der Waals surface area contributed by atoms with Crippen molar-refractivity contribution in [2.45, 2.75) is 6.54 Å². The van der Waals surface area contributed by atoms with Gasteiger partial charge in [0.15, 0.2) is 5.65 Å². The molecule has 8 nitrogen and oxygen atoms in total. The van der Waals surface area contributed by atoms with Gasteiger partial charge in [0.2, 0.25) is 5.95 Å². The number of halogens is 2. The molecular weight excluding hydrogens is 441 g/mol. The Morgan fingerprint density at radius 1 is 1.13 bits per heavy atom. The van der Waals surface area contributed by atoms with Crippen LogP contribution in [0.2, 0.25) is 10.0 Å². The van der Waals surface area contributed by atoms with Crippen LogP contribution in [0.4, 0.5) is 11.6 Å². The Morgan fingerprint density at radius 3 is 2.48 bits per heavy atom. The predicted molar refractivity (Wildman–Crippen MR) is 121 cm³/mol. The van der Waals surface area contributed by atoms with Crippen molar-refractivity contribution in [1.29, 1.82) is 0 Å². The molecule has 0 saturated carbocycles. The van der Waals surface area contributed by atoms with Gasteiger partial charge in [0.05, 0.1) is 15.6 Å². The minimum absolute atomic E-state index is 0.102. The average Bonchev–Trinajstić information content (AvgIpc) is 2.76. The highest BCUT2D eigenvalue weighted by atomic mass is 35.5. The Bertz CT molecular complexity index is 1320. The molecule has 2 aromatic heterocycles. The van der Waals surface area contributed by atoms with Crippen LogP contribution in [0.1, 0.15) is 5.56 Å². The van der Waals surface area contributed by atoms with Crippen LogP contribution in [0.15, 0.2) is 64.7 Å². The minimum Gasteiger partial charge on any atom is -0.412 e. The van der Waals surface area contributed by atoms with E-state index in [1.807, 2.05) is 0 Å². The highest BCUT2D eigenvalue weighted by Crippen LogP contribution is 2.33. The van der Waals surface area contributed by atoms with Crippen LogP contribution in [0, 0.1) is 4.91 Å². The molecule has 0 unspecified atom stereocenters. The van der Waals surface area contributed by atoms with E-state index < -0.39 is 5.56 Å². The van der Waals surface area contributed by atoms with Crippen LogP contribution in [0.5, 0.6) is 0 Å². The molecule has 0 aliphatic rings. The lowest BCUT2D eigenvalue weighted by atomic mass is 10.1. The number of hydrogen-bond donors (Lipinski definition) is 1. The molecule has 0 spiro atoms. The molecule has 0 saturated heterocycles. The molecule has 0 aliphatic carbocycles. The smallest absolute Gasteiger partial charge is 0.293 e. The number of nitrogens with zero attached hydrogens (tertiary/aromatic N) is 4. The Balaban J connectivity index is 1.78. The van der Waals surface area contributed by atoms with Crippen molar-refractivity contribution in [3.05, 3.63) is 85.6 Å². The Kier molecular flexibility index (Phi) is 5.83. The molecule has 10 heteroatoms. The Hall–Kier alpha value is -3.49. The highest BCUT2D eigenvalue weighted by Gasteiger charge is 2.18. The molecule has 156 valence electrons. The second kappa shape index (κ2) is 8.71. The average molecular weight is 456 g/mol. The maximum Gasteiger partial charge on any atom is 0.293 e. The molecule has 0 amide bonds. The van der Waals surface area contributed by atoms with Gasteiger partial charge in [-0.25, -0.2) is 4.98 Å². The van der Waals surface area contributed by atoms with Crippen LogP contribution in [-0.4, -0.2) is 21.8 Å². The second-order valence-corrected chi connectivity index (χ2v) is 7.33. The lowest BCUT2D eigenvalue weighted by molar-refractivity contribution is 0.168. The summed E-state index contributed by atoms with van der Waals surface area (Å²) in [6.45, 7) is 0.102. The third kappa shape index (κ3) is 4.08. The van der Waals surface area contributed by atoms with Crippen molar-refractivity contribution in [3.63, 3.8) is 0 Å². The molecule has 1 N–H and O–H groups in total. The molecule has 4 rings (SSSR count). The number of fused-ring (bicyclic) bond motifs is 1. The van der Waals surface area contributed by atoms with Gasteiger partial charge in [-0.15, -0.1) is 4.73 Å². The lowest BCUT2D eigenvalue weighted by Crippen LogP contribution is -2.27. The molecule has 31 heavy (non-hydrogen) atoms. The van der Waals surface area contributed by atoms with Crippen LogP contribution in [-0.2, 0) is 6.54 Å². The number of nitrogens with one attached hydrogen (secondary N) is 1. The molecule has 2 aromatic carbocycles. The molecule has 0 radical (unpaired) electrons. The Labute approximate surface area is 186 Å². The van der Waals surface area contributed by atoms with E-state index in [0.717, 1.165) is 10.3 Å². The lowest BCUT2D eigenvalue weighted by Gasteiger charge is -2.13. The van der Waals surface area contributed by atoms with E-state index in [0.29, 0.717) is 26.7 Å². The topological polar surface area (TPSA) is 98.5 Å². The fraction of sp³-hybridized carbons (Fsp3) is 0.0952. The number of aromatic nitrogens is 3. The normalized spacial score (nSPS) is 10.8. The largest absolute Gasteiger partial charge is 0.412 e. The number of hydrogen-bond acceptors (Lipinski definition) is 7. The third-order valence-electron chi connectivity index (χ3n) is 4.57. The summed E-state index contributed by atoms with van der Waals surface area (Å²) < 4.78 is 1.07. The van der Waals surface area contributed by atoms with E-state index in [2.05, 4.69) is 20.5 Å². The van der Waals surface area contributed by atoms with E-state index in [1.54, 1.807) is 54.7 Å². The summed E-state index contributed by atoms with van der Waals surface area (Å²) in [5.74, 6) is 0.266.